The molecule has 0 radical (unpaired) electrons. The van der Waals surface area contributed by atoms with Gasteiger partial charge in [0.15, 0.2) is 5.03 Å². The Balaban J connectivity index is 2.86. The number of hydrogen-bond acceptors (Lipinski definition) is 6. The number of aromatic nitrogens is 2. The second kappa shape index (κ2) is 3.71. The van der Waals surface area contributed by atoms with Crippen molar-refractivity contribution in [3.63, 3.8) is 0 Å². The second-order valence-electron chi connectivity index (χ2n) is 3.18. The summed E-state index contributed by atoms with van der Waals surface area (Å²) in [4.78, 5) is 17.3. The Morgan fingerprint density at radius 3 is 2.59 bits per heavy atom. The van der Waals surface area contributed by atoms with Gasteiger partial charge in [-0.05, 0) is 6.07 Å². The number of benzene rings is 1. The summed E-state index contributed by atoms with van der Waals surface area (Å²) in [5.41, 5.74) is 0.0202. The third-order valence-electron chi connectivity index (χ3n) is 2.06. The van der Waals surface area contributed by atoms with Crippen LogP contribution in [0.5, 0.6) is 0 Å². The van der Waals surface area contributed by atoms with Crippen molar-refractivity contribution in [2.24, 2.45) is 5.14 Å². The fourth-order valence-corrected chi connectivity index (χ4v) is 2.03. The van der Waals surface area contributed by atoms with E-state index in [9.17, 15) is 18.5 Å². The van der Waals surface area contributed by atoms with Gasteiger partial charge in [-0.1, -0.05) is 0 Å². The van der Waals surface area contributed by atoms with Gasteiger partial charge in [0.25, 0.3) is 15.7 Å². The van der Waals surface area contributed by atoms with Crippen LogP contribution in [-0.2, 0) is 10.0 Å². The molecule has 0 saturated heterocycles. The third kappa shape index (κ3) is 2.05. The van der Waals surface area contributed by atoms with Gasteiger partial charge >= 0.3 is 0 Å². The molecule has 88 valence electrons. The standard InChI is InChI=1S/C8H6N4O4S/c9-17(15,16)8-6-3-5(12(13)14)1-2-7(6)10-4-11-8/h1-4H,(H2,9,15,16). The minimum Gasteiger partial charge on any atom is -0.258 e. The molecule has 0 unspecified atom stereocenters. The van der Waals surface area contributed by atoms with Crippen LogP contribution in [0, 0.1) is 10.1 Å². The molecule has 17 heavy (non-hydrogen) atoms. The molecule has 2 rings (SSSR count). The van der Waals surface area contributed by atoms with Gasteiger partial charge in [-0.3, -0.25) is 10.1 Å². The summed E-state index contributed by atoms with van der Waals surface area (Å²) >= 11 is 0. The van der Waals surface area contributed by atoms with Crippen LogP contribution in [0.3, 0.4) is 0 Å². The van der Waals surface area contributed by atoms with Crippen LogP contribution in [0.25, 0.3) is 10.9 Å². The summed E-state index contributed by atoms with van der Waals surface area (Å²) in [6, 6.07) is 3.64. The maximum Gasteiger partial charge on any atom is 0.270 e. The van der Waals surface area contributed by atoms with E-state index in [2.05, 4.69) is 9.97 Å². The zero-order valence-electron chi connectivity index (χ0n) is 8.27. The zero-order valence-corrected chi connectivity index (χ0v) is 9.09. The van der Waals surface area contributed by atoms with E-state index in [4.69, 9.17) is 5.14 Å². The van der Waals surface area contributed by atoms with E-state index < -0.39 is 20.0 Å². The molecule has 8 nitrogen and oxygen atoms in total. The molecule has 1 heterocycles. The Morgan fingerprint density at radius 2 is 2.00 bits per heavy atom. The number of nitrogens with zero attached hydrogens (tertiary/aromatic N) is 3. The van der Waals surface area contributed by atoms with Crippen molar-refractivity contribution in [3.05, 3.63) is 34.6 Å². The molecular weight excluding hydrogens is 248 g/mol. The zero-order chi connectivity index (χ0) is 12.6. The molecule has 0 fully saturated rings. The number of nitro benzene ring substituents is 1. The monoisotopic (exact) mass is 254 g/mol. The lowest BCUT2D eigenvalue weighted by Crippen LogP contribution is -2.14. The predicted octanol–water partition coefficient (Wildman–Crippen LogP) is 0.185. The van der Waals surface area contributed by atoms with Crippen molar-refractivity contribution >= 4 is 26.6 Å². The van der Waals surface area contributed by atoms with Crippen LogP contribution in [0.2, 0.25) is 0 Å². The summed E-state index contributed by atoms with van der Waals surface area (Å²) < 4.78 is 22.5. The van der Waals surface area contributed by atoms with Crippen molar-refractivity contribution < 1.29 is 13.3 Å². The normalized spacial score (nSPS) is 11.6. The van der Waals surface area contributed by atoms with Crippen LogP contribution < -0.4 is 5.14 Å². The van der Waals surface area contributed by atoms with E-state index in [1.165, 1.54) is 12.1 Å². The number of nitrogens with two attached hydrogens (primary N) is 1. The topological polar surface area (TPSA) is 129 Å². The highest BCUT2D eigenvalue weighted by Gasteiger charge is 2.17. The van der Waals surface area contributed by atoms with E-state index in [0.717, 1.165) is 12.4 Å². The number of non-ortho nitro benzene ring substituents is 1. The summed E-state index contributed by atoms with van der Waals surface area (Å²) in [7, 11) is -4.05. The fraction of sp³-hybridized carbons (Fsp3) is 0. The van der Waals surface area contributed by atoms with Gasteiger partial charge < -0.3 is 0 Å². The first-order valence-electron chi connectivity index (χ1n) is 4.31. The molecule has 2 aromatic rings. The summed E-state index contributed by atoms with van der Waals surface area (Å²) in [6.45, 7) is 0. The third-order valence-corrected chi connectivity index (χ3v) is 2.93. The Morgan fingerprint density at radius 1 is 1.29 bits per heavy atom. The van der Waals surface area contributed by atoms with Crippen molar-refractivity contribution in [2.45, 2.75) is 5.03 Å². The average Bonchev–Trinajstić information content (AvgIpc) is 2.26. The highest BCUT2D eigenvalue weighted by atomic mass is 32.2. The molecule has 0 saturated carbocycles. The summed E-state index contributed by atoms with van der Waals surface area (Å²) in [5.74, 6) is 0. The van der Waals surface area contributed by atoms with Gasteiger partial charge in [-0.2, -0.15) is 0 Å². The van der Waals surface area contributed by atoms with Gasteiger partial charge in [0.1, 0.15) is 6.33 Å². The van der Waals surface area contributed by atoms with Crippen LogP contribution in [0.15, 0.2) is 29.6 Å². The minimum absolute atomic E-state index is 0.0317. The molecule has 2 N–H and O–H groups in total. The van der Waals surface area contributed by atoms with Crippen LogP contribution in [-0.4, -0.2) is 23.3 Å². The van der Waals surface area contributed by atoms with Crippen molar-refractivity contribution in [1.82, 2.24) is 9.97 Å². The highest BCUT2D eigenvalue weighted by molar-refractivity contribution is 7.89. The first kappa shape index (κ1) is 11.4. The van der Waals surface area contributed by atoms with E-state index in [1.54, 1.807) is 0 Å². The molecule has 0 aliphatic rings. The van der Waals surface area contributed by atoms with E-state index in [-0.39, 0.29) is 16.6 Å². The highest BCUT2D eigenvalue weighted by Crippen LogP contribution is 2.23. The maximum atomic E-state index is 11.2. The van der Waals surface area contributed by atoms with E-state index >= 15 is 0 Å². The molecule has 9 heteroatoms. The van der Waals surface area contributed by atoms with Crippen molar-refractivity contribution in [1.29, 1.82) is 0 Å². The summed E-state index contributed by atoms with van der Waals surface area (Å²) in [6.07, 6.45) is 1.04. The molecule has 1 aromatic carbocycles. The number of nitro groups is 1. The lowest BCUT2D eigenvalue weighted by atomic mass is 10.2. The minimum atomic E-state index is -4.05. The lowest BCUT2D eigenvalue weighted by Gasteiger charge is -2.01. The Labute approximate surface area is 95.3 Å². The van der Waals surface area contributed by atoms with Crippen LogP contribution in [0.4, 0.5) is 5.69 Å². The SMILES string of the molecule is NS(=O)(=O)c1ncnc2ccc([N+](=O)[O-])cc12. The molecule has 0 bridgehead atoms. The van der Waals surface area contributed by atoms with Gasteiger partial charge in [-0.15, -0.1) is 0 Å². The van der Waals surface area contributed by atoms with Crippen LogP contribution in [0.1, 0.15) is 0 Å². The van der Waals surface area contributed by atoms with E-state index in [0.29, 0.717) is 0 Å². The van der Waals surface area contributed by atoms with Gasteiger partial charge in [0, 0.05) is 17.5 Å². The quantitative estimate of drug-likeness (QED) is 0.462. The number of primary sulfonamides is 1. The fourth-order valence-electron chi connectivity index (χ4n) is 1.36. The largest absolute Gasteiger partial charge is 0.270 e. The Bertz CT molecular complexity index is 713. The summed E-state index contributed by atoms with van der Waals surface area (Å²) in [5, 5.41) is 15.2. The number of rotatable bonds is 2. The average molecular weight is 254 g/mol. The second-order valence-corrected chi connectivity index (χ2v) is 4.66. The molecule has 0 spiro atoms. The molecule has 0 amide bonds. The molecule has 0 aliphatic carbocycles. The smallest absolute Gasteiger partial charge is 0.258 e. The molecular formula is C8H6N4O4S. The Kier molecular flexibility index (Phi) is 2.48. The Hall–Kier alpha value is -2.13. The van der Waals surface area contributed by atoms with Gasteiger partial charge in [-0.25, -0.2) is 23.5 Å². The van der Waals surface area contributed by atoms with Crippen LogP contribution >= 0.6 is 0 Å². The van der Waals surface area contributed by atoms with Crippen molar-refractivity contribution in [3.8, 4) is 0 Å². The van der Waals surface area contributed by atoms with E-state index in [1.807, 2.05) is 0 Å². The first-order chi connectivity index (χ1) is 7.89. The number of hydrogen-bond donors (Lipinski definition) is 1. The first-order valence-corrected chi connectivity index (χ1v) is 5.86. The maximum absolute atomic E-state index is 11.2. The predicted molar refractivity (Wildman–Crippen MR) is 57.6 cm³/mol. The van der Waals surface area contributed by atoms with Gasteiger partial charge in [0.2, 0.25) is 0 Å². The lowest BCUT2D eigenvalue weighted by molar-refractivity contribution is -0.384. The molecule has 0 aliphatic heterocycles. The van der Waals surface area contributed by atoms with Gasteiger partial charge in [0.05, 0.1) is 10.4 Å². The number of sulfonamides is 1. The molecule has 0 atom stereocenters. The van der Waals surface area contributed by atoms with Crippen molar-refractivity contribution in [2.75, 3.05) is 0 Å². The molecule has 1 aromatic heterocycles. The number of fused-ring (bicyclic) bond motifs is 1.